The van der Waals surface area contributed by atoms with E-state index < -0.39 is 6.10 Å². The minimum Gasteiger partial charge on any atom is -0.462 e. The van der Waals surface area contributed by atoms with Gasteiger partial charge in [-0.2, -0.15) is 0 Å². The Bertz CT molecular complexity index is 1370. The minimum atomic E-state index is -0.814. The van der Waals surface area contributed by atoms with Gasteiger partial charge in [0.25, 0.3) is 0 Å². The number of allylic oxidation sites excluding steroid dienone is 14. The Kier molecular flexibility index (Phi) is 56.3. The Morgan fingerprint density at radius 2 is 0.620 bits per heavy atom. The van der Waals surface area contributed by atoms with Crippen molar-refractivity contribution in [1.82, 2.24) is 0 Å². The van der Waals surface area contributed by atoms with Gasteiger partial charge in [0, 0.05) is 19.3 Å². The van der Waals surface area contributed by atoms with E-state index in [0.29, 0.717) is 19.3 Å². The molecular formula is C65H112O6. The lowest BCUT2D eigenvalue weighted by Gasteiger charge is -2.18. The smallest absolute Gasteiger partial charge is 0.306 e. The zero-order chi connectivity index (χ0) is 51.4. The maximum atomic E-state index is 12.9. The van der Waals surface area contributed by atoms with Gasteiger partial charge < -0.3 is 14.2 Å². The van der Waals surface area contributed by atoms with Gasteiger partial charge in [0.05, 0.1) is 0 Å². The van der Waals surface area contributed by atoms with Crippen LogP contribution in [-0.2, 0) is 28.6 Å². The van der Waals surface area contributed by atoms with Crippen LogP contribution in [0, 0.1) is 0 Å². The summed E-state index contributed by atoms with van der Waals surface area (Å²) in [5, 5.41) is 0. The van der Waals surface area contributed by atoms with Crippen molar-refractivity contribution >= 4 is 17.9 Å². The third-order valence-corrected chi connectivity index (χ3v) is 12.9. The molecule has 0 rings (SSSR count). The average molecular weight is 990 g/mol. The maximum absolute atomic E-state index is 12.9. The summed E-state index contributed by atoms with van der Waals surface area (Å²) in [6.45, 7) is 6.47. The molecule has 0 saturated heterocycles. The molecule has 1 unspecified atom stereocenters. The quantitative estimate of drug-likeness (QED) is 0.0199. The minimum absolute atomic E-state index is 0.104. The van der Waals surface area contributed by atoms with Crippen LogP contribution in [0.1, 0.15) is 290 Å². The van der Waals surface area contributed by atoms with E-state index in [2.05, 4.69) is 99.8 Å². The first-order valence-corrected chi connectivity index (χ1v) is 30.1. The van der Waals surface area contributed by atoms with E-state index in [1.54, 1.807) is 0 Å². The molecule has 0 aromatic heterocycles. The van der Waals surface area contributed by atoms with Crippen LogP contribution < -0.4 is 0 Å². The maximum Gasteiger partial charge on any atom is 0.306 e. The summed E-state index contributed by atoms with van der Waals surface area (Å²) in [6.07, 6.45) is 77.4. The van der Waals surface area contributed by atoms with Crippen molar-refractivity contribution in [3.05, 3.63) is 85.1 Å². The predicted octanol–water partition coefficient (Wildman–Crippen LogP) is 20.3. The molecule has 0 heterocycles. The van der Waals surface area contributed by atoms with Crippen LogP contribution in [0.15, 0.2) is 85.1 Å². The number of carbonyl (C=O) groups is 3. The molecule has 0 aromatic rings. The first-order valence-electron chi connectivity index (χ1n) is 30.1. The summed E-state index contributed by atoms with van der Waals surface area (Å²) in [6, 6.07) is 0. The van der Waals surface area contributed by atoms with Crippen molar-refractivity contribution in [3.63, 3.8) is 0 Å². The van der Waals surface area contributed by atoms with E-state index in [0.717, 1.165) is 89.9 Å². The fourth-order valence-corrected chi connectivity index (χ4v) is 8.43. The first kappa shape index (κ1) is 67.6. The molecular weight excluding hydrogens is 877 g/mol. The van der Waals surface area contributed by atoms with Crippen LogP contribution in [0.25, 0.3) is 0 Å². The molecule has 0 aliphatic heterocycles. The molecule has 0 aromatic carbocycles. The molecule has 0 aliphatic rings. The second kappa shape index (κ2) is 59.2. The molecule has 71 heavy (non-hydrogen) atoms. The van der Waals surface area contributed by atoms with Gasteiger partial charge in [-0.05, 0) is 77.0 Å². The van der Waals surface area contributed by atoms with Gasteiger partial charge in [0.2, 0.25) is 0 Å². The van der Waals surface area contributed by atoms with Crippen LogP contribution in [0.5, 0.6) is 0 Å². The van der Waals surface area contributed by atoms with Crippen molar-refractivity contribution in [3.8, 4) is 0 Å². The zero-order valence-electron chi connectivity index (χ0n) is 46.7. The number of ether oxygens (including phenoxy) is 3. The number of esters is 3. The molecule has 408 valence electrons. The van der Waals surface area contributed by atoms with Gasteiger partial charge >= 0.3 is 17.9 Å². The van der Waals surface area contributed by atoms with Gasteiger partial charge in [-0.25, -0.2) is 0 Å². The van der Waals surface area contributed by atoms with Gasteiger partial charge in [0.1, 0.15) is 13.2 Å². The van der Waals surface area contributed by atoms with Crippen molar-refractivity contribution in [1.29, 1.82) is 0 Å². The van der Waals surface area contributed by atoms with Crippen molar-refractivity contribution < 1.29 is 28.6 Å². The summed E-state index contributed by atoms with van der Waals surface area (Å²) in [4.78, 5) is 38.2. The third kappa shape index (κ3) is 57.4. The predicted molar refractivity (Wildman–Crippen MR) is 307 cm³/mol. The van der Waals surface area contributed by atoms with E-state index in [4.69, 9.17) is 14.2 Å². The zero-order valence-corrected chi connectivity index (χ0v) is 46.7. The van der Waals surface area contributed by atoms with Crippen LogP contribution in [0.2, 0.25) is 0 Å². The van der Waals surface area contributed by atoms with Crippen LogP contribution in [0.4, 0.5) is 0 Å². The molecule has 6 nitrogen and oxygen atoms in total. The standard InChI is InChI=1S/C65H112O6/c1-4-7-10-13-16-19-22-25-28-31-33-35-37-40-43-46-49-52-55-58-64(67)70-61-62(60-69-63(66)57-54-51-48-45-42-39-36-30-27-24-21-18-15-12-9-6-3)71-65(68)59-56-53-50-47-44-41-38-34-32-29-26-23-20-17-14-11-8-5-2/h9,12,18,21,27,29-30,32,34,38-39,42,48,51,62H,4-8,10-11,13-17,19-20,22-26,28,31,33,35-37,40-41,43-47,49-50,52-61H2,1-3H3/b12-9-,21-18-,30-27-,32-29-,38-34-,42-39-,51-48-. The van der Waals surface area contributed by atoms with E-state index >= 15 is 0 Å². The van der Waals surface area contributed by atoms with Crippen LogP contribution in [-0.4, -0.2) is 37.2 Å². The van der Waals surface area contributed by atoms with E-state index in [9.17, 15) is 14.4 Å². The highest BCUT2D eigenvalue weighted by molar-refractivity contribution is 5.71. The third-order valence-electron chi connectivity index (χ3n) is 12.9. The number of unbranched alkanes of at least 4 members (excludes halogenated alkanes) is 30. The summed E-state index contributed by atoms with van der Waals surface area (Å²) in [5.41, 5.74) is 0. The summed E-state index contributed by atoms with van der Waals surface area (Å²) in [5.74, 6) is -0.996. The number of hydrogen-bond donors (Lipinski definition) is 0. The molecule has 0 radical (unpaired) electrons. The number of carbonyl (C=O) groups excluding carboxylic acids is 3. The second-order valence-corrected chi connectivity index (χ2v) is 19.9. The molecule has 0 aliphatic carbocycles. The first-order chi connectivity index (χ1) is 35.0. The Morgan fingerprint density at radius 3 is 1.00 bits per heavy atom. The van der Waals surface area contributed by atoms with Crippen molar-refractivity contribution in [2.24, 2.45) is 0 Å². The number of rotatable bonds is 54. The molecule has 6 heteroatoms. The lowest BCUT2D eigenvalue weighted by atomic mass is 10.0. The largest absolute Gasteiger partial charge is 0.462 e. The Labute approximate surface area is 439 Å². The van der Waals surface area contributed by atoms with Crippen LogP contribution >= 0.6 is 0 Å². The lowest BCUT2D eigenvalue weighted by Crippen LogP contribution is -2.30. The van der Waals surface area contributed by atoms with Crippen molar-refractivity contribution in [2.75, 3.05) is 13.2 Å². The van der Waals surface area contributed by atoms with E-state index in [1.807, 2.05) is 6.08 Å². The van der Waals surface area contributed by atoms with Gasteiger partial charge in [-0.3, -0.25) is 14.4 Å². The Morgan fingerprint density at radius 1 is 0.310 bits per heavy atom. The summed E-state index contributed by atoms with van der Waals surface area (Å²) < 4.78 is 16.8. The SMILES string of the molecule is CC/C=C\C/C=C\C/C=C\C/C=C\C/C=C\CCC(=O)OCC(COC(=O)CCCCCCCCCCCCCCCCCCCCC)OC(=O)CCCCCCC/C=C\C=C/CCCCCCCCC. The lowest BCUT2D eigenvalue weighted by molar-refractivity contribution is -0.166. The highest BCUT2D eigenvalue weighted by Gasteiger charge is 2.19. The monoisotopic (exact) mass is 989 g/mol. The fraction of sp³-hybridized carbons (Fsp3) is 0.738. The topological polar surface area (TPSA) is 78.9 Å². The molecule has 1 atom stereocenters. The highest BCUT2D eigenvalue weighted by Crippen LogP contribution is 2.16. The molecule has 0 bridgehead atoms. The normalized spacial score (nSPS) is 12.7. The van der Waals surface area contributed by atoms with Gasteiger partial charge in [-0.1, -0.05) is 279 Å². The molecule has 0 saturated carbocycles. The number of hydrogen-bond acceptors (Lipinski definition) is 6. The Hall–Kier alpha value is -3.41. The fourth-order valence-electron chi connectivity index (χ4n) is 8.43. The molecule has 0 amide bonds. The van der Waals surface area contributed by atoms with Gasteiger partial charge in [0.15, 0.2) is 6.10 Å². The molecule has 0 spiro atoms. The average Bonchev–Trinajstić information content (AvgIpc) is 3.37. The van der Waals surface area contributed by atoms with Crippen molar-refractivity contribution in [2.45, 2.75) is 297 Å². The molecule has 0 N–H and O–H groups in total. The van der Waals surface area contributed by atoms with E-state index in [-0.39, 0.29) is 37.5 Å². The molecule has 0 fully saturated rings. The highest BCUT2D eigenvalue weighted by atomic mass is 16.6. The second-order valence-electron chi connectivity index (χ2n) is 19.9. The van der Waals surface area contributed by atoms with Gasteiger partial charge in [-0.15, -0.1) is 0 Å². The summed E-state index contributed by atoms with van der Waals surface area (Å²) >= 11 is 0. The summed E-state index contributed by atoms with van der Waals surface area (Å²) in [7, 11) is 0. The Balaban J connectivity index is 4.47. The van der Waals surface area contributed by atoms with Crippen LogP contribution in [0.3, 0.4) is 0 Å². The van der Waals surface area contributed by atoms with E-state index in [1.165, 1.54) is 154 Å².